The van der Waals surface area contributed by atoms with Gasteiger partial charge in [-0.1, -0.05) is 47.6 Å². The van der Waals surface area contributed by atoms with E-state index in [1.165, 1.54) is 5.56 Å². The van der Waals surface area contributed by atoms with Crippen LogP contribution < -0.4 is 21.1 Å². The fraction of sp³-hybridized carbons (Fsp3) is 0.273. The molecule has 3 aromatic carbocycles. The Balaban J connectivity index is 1.76. The zero-order valence-corrected chi connectivity index (χ0v) is 23.7. The molecule has 2 aliphatic rings. The third kappa shape index (κ3) is 5.60. The summed E-state index contributed by atoms with van der Waals surface area (Å²) in [6.45, 7) is 13.3. The minimum atomic E-state index is -0.120. The lowest BCUT2D eigenvalue weighted by Crippen LogP contribution is -2.17. The van der Waals surface area contributed by atoms with Gasteiger partial charge < -0.3 is 20.2 Å². The molecule has 6 nitrogen and oxygen atoms in total. The molecule has 0 saturated heterocycles. The second kappa shape index (κ2) is 9.77. The summed E-state index contributed by atoms with van der Waals surface area (Å²) in [4.78, 5) is 10.0. The number of nitrogens with one attached hydrogen (secondary N) is 1. The molecule has 0 fully saturated rings. The molecule has 0 bridgehead atoms. The molecule has 0 aromatic heterocycles. The van der Waals surface area contributed by atoms with Crippen molar-refractivity contribution in [1.82, 2.24) is 4.98 Å². The Bertz CT molecular complexity index is 1670. The molecule has 0 spiro atoms. The first-order valence-corrected chi connectivity index (χ1v) is 13.2. The van der Waals surface area contributed by atoms with Crippen molar-refractivity contribution in [2.24, 2.45) is 4.99 Å². The maximum absolute atomic E-state index is 6.62. The number of nitrogen functional groups attached to an aromatic ring is 1. The van der Waals surface area contributed by atoms with E-state index in [9.17, 15) is 0 Å². The molecule has 1 aliphatic carbocycles. The molecular formula is C33H36N4O2. The van der Waals surface area contributed by atoms with Crippen molar-refractivity contribution in [3.05, 3.63) is 89.3 Å². The van der Waals surface area contributed by atoms with Crippen LogP contribution in [0.2, 0.25) is 0 Å². The molecule has 1 aliphatic heterocycles. The maximum atomic E-state index is 6.62. The van der Waals surface area contributed by atoms with Crippen LogP contribution >= 0.6 is 0 Å². The number of benzene rings is 4. The predicted octanol–water partition coefficient (Wildman–Crippen LogP) is 8.09. The monoisotopic (exact) mass is 520 g/mol. The van der Waals surface area contributed by atoms with E-state index in [1.807, 2.05) is 60.7 Å². The van der Waals surface area contributed by atoms with Crippen LogP contribution in [0.1, 0.15) is 52.7 Å². The van der Waals surface area contributed by atoms with E-state index >= 15 is 0 Å². The van der Waals surface area contributed by atoms with Gasteiger partial charge in [0.2, 0.25) is 0 Å². The Hall–Kier alpha value is -4.32. The number of hydrogen-bond acceptors (Lipinski definition) is 6. The number of rotatable bonds is 4. The summed E-state index contributed by atoms with van der Waals surface area (Å²) in [5.41, 5.74) is 13.8. The molecule has 0 radical (unpaired) electrons. The normalized spacial score (nSPS) is 12.7. The quantitative estimate of drug-likeness (QED) is 0.185. The summed E-state index contributed by atoms with van der Waals surface area (Å²) < 4.78 is 11.9. The molecule has 3 aromatic rings. The first-order chi connectivity index (χ1) is 18.4. The zero-order valence-electron chi connectivity index (χ0n) is 23.7. The van der Waals surface area contributed by atoms with E-state index in [1.54, 1.807) is 7.11 Å². The topological polar surface area (TPSA) is 85.7 Å². The minimum absolute atomic E-state index is 0.0200. The second-order valence-electron chi connectivity index (χ2n) is 12.0. The van der Waals surface area contributed by atoms with Gasteiger partial charge in [0.05, 0.1) is 23.8 Å². The van der Waals surface area contributed by atoms with Crippen molar-refractivity contribution in [3.8, 4) is 17.2 Å². The van der Waals surface area contributed by atoms with Crippen molar-refractivity contribution in [3.63, 3.8) is 0 Å². The van der Waals surface area contributed by atoms with E-state index in [0.717, 1.165) is 50.5 Å². The second-order valence-corrected chi connectivity index (χ2v) is 12.0. The highest BCUT2D eigenvalue weighted by Crippen LogP contribution is 2.37. The zero-order chi connectivity index (χ0) is 27.9. The fourth-order valence-corrected chi connectivity index (χ4v) is 4.47. The van der Waals surface area contributed by atoms with Gasteiger partial charge in [-0.25, -0.2) is 9.98 Å². The summed E-state index contributed by atoms with van der Waals surface area (Å²) in [7, 11) is 1.65. The minimum Gasteiger partial charge on any atom is -0.497 e. The third-order valence-electron chi connectivity index (χ3n) is 6.79. The molecule has 0 amide bonds. The van der Waals surface area contributed by atoms with Crippen LogP contribution in [0.4, 0.5) is 22.7 Å². The molecule has 200 valence electrons. The summed E-state index contributed by atoms with van der Waals surface area (Å²) in [5.74, 6) is 1.45. The van der Waals surface area contributed by atoms with E-state index < -0.39 is 0 Å². The van der Waals surface area contributed by atoms with E-state index in [2.05, 4.69) is 59.0 Å². The van der Waals surface area contributed by atoms with Crippen molar-refractivity contribution < 1.29 is 9.15 Å². The van der Waals surface area contributed by atoms with Gasteiger partial charge in [-0.2, -0.15) is 0 Å². The van der Waals surface area contributed by atoms with Crippen molar-refractivity contribution >= 4 is 33.8 Å². The van der Waals surface area contributed by atoms with Crippen LogP contribution in [0.5, 0.6) is 5.75 Å². The highest BCUT2D eigenvalue weighted by atomic mass is 16.5. The van der Waals surface area contributed by atoms with Crippen LogP contribution in [0.15, 0.2) is 82.2 Å². The molecule has 1 heterocycles. The van der Waals surface area contributed by atoms with Gasteiger partial charge in [-0.15, -0.1) is 0 Å². The van der Waals surface area contributed by atoms with Crippen LogP contribution in [0, 0.1) is 0 Å². The Labute approximate surface area is 229 Å². The highest BCUT2D eigenvalue weighted by Gasteiger charge is 2.25. The van der Waals surface area contributed by atoms with E-state index in [0.29, 0.717) is 11.4 Å². The summed E-state index contributed by atoms with van der Waals surface area (Å²) in [6.07, 6.45) is 0. The van der Waals surface area contributed by atoms with Crippen LogP contribution in [0.25, 0.3) is 22.6 Å². The van der Waals surface area contributed by atoms with Crippen molar-refractivity contribution in [1.29, 1.82) is 0 Å². The number of methoxy groups -OCH3 is 1. The fourth-order valence-electron chi connectivity index (χ4n) is 4.47. The highest BCUT2D eigenvalue weighted by molar-refractivity contribution is 5.82. The standard InChI is InChI=1S/C33H36N4O2/c1-32(2,3)20-16-25(33(4,5)6)31-29(17-20)37-28-18-26(35-22-10-8-21(34)9-11-22)27(19-30(28)39-31)36-23-12-14-24(38-7)15-13-23/h8-19,35H,34H2,1-7H3. The summed E-state index contributed by atoms with van der Waals surface area (Å²) in [6, 6.07) is 23.6. The molecule has 5 rings (SSSR count). The Kier molecular flexibility index (Phi) is 6.59. The van der Waals surface area contributed by atoms with E-state index in [4.69, 9.17) is 24.9 Å². The molecule has 6 heteroatoms. The lowest BCUT2D eigenvalue weighted by atomic mass is 9.80. The van der Waals surface area contributed by atoms with Crippen LogP contribution in [-0.2, 0) is 10.8 Å². The number of ether oxygens (including phenoxy) is 1. The molecule has 0 unspecified atom stereocenters. The largest absolute Gasteiger partial charge is 0.497 e. The maximum Gasteiger partial charge on any atom is 0.156 e. The van der Waals surface area contributed by atoms with Gasteiger partial charge in [0.15, 0.2) is 11.3 Å². The average Bonchev–Trinajstić information content (AvgIpc) is 2.88. The number of nitrogens with zero attached hydrogens (tertiary/aromatic N) is 2. The van der Waals surface area contributed by atoms with Gasteiger partial charge >= 0.3 is 0 Å². The Morgan fingerprint density at radius 1 is 0.846 bits per heavy atom. The van der Waals surface area contributed by atoms with Crippen molar-refractivity contribution in [2.45, 2.75) is 52.4 Å². The lowest BCUT2D eigenvalue weighted by molar-refractivity contribution is 0.415. The molecule has 39 heavy (non-hydrogen) atoms. The Morgan fingerprint density at radius 3 is 2.15 bits per heavy atom. The number of fused-ring (bicyclic) bond motifs is 2. The van der Waals surface area contributed by atoms with Gasteiger partial charge in [-0.05, 0) is 77.1 Å². The van der Waals surface area contributed by atoms with Gasteiger partial charge in [0.1, 0.15) is 17.0 Å². The molecule has 0 atom stereocenters. The first-order valence-electron chi connectivity index (χ1n) is 13.2. The predicted molar refractivity (Wildman–Crippen MR) is 160 cm³/mol. The third-order valence-corrected chi connectivity index (χ3v) is 6.79. The van der Waals surface area contributed by atoms with Crippen LogP contribution in [0.3, 0.4) is 0 Å². The number of nitrogens with two attached hydrogens (primary N) is 1. The molecule has 0 saturated carbocycles. The molecular weight excluding hydrogens is 484 g/mol. The Morgan fingerprint density at radius 2 is 1.54 bits per heavy atom. The van der Waals surface area contributed by atoms with E-state index in [-0.39, 0.29) is 10.8 Å². The van der Waals surface area contributed by atoms with Crippen molar-refractivity contribution in [2.75, 3.05) is 18.2 Å². The lowest BCUT2D eigenvalue weighted by Gasteiger charge is -2.26. The number of anilines is 3. The summed E-state index contributed by atoms with van der Waals surface area (Å²) >= 11 is 0. The van der Waals surface area contributed by atoms with Gasteiger partial charge in [0, 0.05) is 23.0 Å². The molecule has 3 N–H and O–H groups in total. The van der Waals surface area contributed by atoms with Gasteiger partial charge in [-0.3, -0.25) is 0 Å². The summed E-state index contributed by atoms with van der Waals surface area (Å²) in [5, 5.41) is 4.23. The van der Waals surface area contributed by atoms with Crippen LogP contribution in [-0.4, -0.2) is 12.1 Å². The SMILES string of the molecule is COc1ccc(N=c2cc3oc4c(C(C)(C)C)cc(C(C)(C)C)cc4nc-3cc2Nc2ccc(N)cc2)cc1. The number of aromatic nitrogens is 1. The smallest absolute Gasteiger partial charge is 0.156 e. The average molecular weight is 521 g/mol. The van der Waals surface area contributed by atoms with Gasteiger partial charge in [0.25, 0.3) is 0 Å². The number of hydrogen-bond donors (Lipinski definition) is 2. The first kappa shape index (κ1) is 26.3.